The maximum atomic E-state index is 11.6. The van der Waals surface area contributed by atoms with E-state index in [2.05, 4.69) is 24.3 Å². The fourth-order valence-corrected chi connectivity index (χ4v) is 3.85. The van der Waals surface area contributed by atoms with Gasteiger partial charge in [0.15, 0.2) is 9.84 Å². The monoisotopic (exact) mass is 276 g/mol. The molecule has 5 heteroatoms. The largest absolute Gasteiger partial charge is 0.311 e. The number of nitrogens with zero attached hydrogens (tertiary/aromatic N) is 1. The fourth-order valence-electron chi connectivity index (χ4n) is 2.74. The number of rotatable bonds is 7. The molecule has 0 amide bonds. The average Bonchev–Trinajstić information content (AvgIpc) is 2.76. The molecular weight excluding hydrogens is 248 g/mol. The van der Waals surface area contributed by atoms with Crippen LogP contribution >= 0.6 is 0 Å². The first-order valence-corrected chi connectivity index (χ1v) is 8.75. The normalized spacial score (nSPS) is 21.4. The van der Waals surface area contributed by atoms with Gasteiger partial charge in [0.05, 0.1) is 5.75 Å². The smallest absolute Gasteiger partial charge is 0.151 e. The number of sulfone groups is 1. The summed E-state index contributed by atoms with van der Waals surface area (Å²) in [4.78, 5) is 2.30. The third-order valence-electron chi connectivity index (χ3n) is 4.21. The highest BCUT2D eigenvalue weighted by atomic mass is 32.2. The van der Waals surface area contributed by atoms with Crippen molar-refractivity contribution in [2.75, 3.05) is 32.1 Å². The van der Waals surface area contributed by atoms with Crippen LogP contribution in [0.3, 0.4) is 0 Å². The molecule has 1 N–H and O–H groups in total. The molecule has 4 nitrogen and oxygen atoms in total. The van der Waals surface area contributed by atoms with E-state index in [0.717, 1.165) is 6.54 Å². The summed E-state index contributed by atoms with van der Waals surface area (Å²) in [6, 6.07) is 0.0346. The van der Waals surface area contributed by atoms with Gasteiger partial charge in [-0.3, -0.25) is 0 Å². The zero-order chi connectivity index (χ0) is 13.8. The lowest BCUT2D eigenvalue weighted by atomic mass is 9.96. The maximum Gasteiger partial charge on any atom is 0.151 e. The van der Waals surface area contributed by atoms with Crippen LogP contribution in [0.2, 0.25) is 0 Å². The van der Waals surface area contributed by atoms with Gasteiger partial charge in [0, 0.05) is 23.9 Å². The fraction of sp³-hybridized carbons (Fsp3) is 1.00. The lowest BCUT2D eigenvalue weighted by Crippen LogP contribution is -2.52. The number of hydrogen-bond acceptors (Lipinski definition) is 4. The van der Waals surface area contributed by atoms with Crippen molar-refractivity contribution in [3.05, 3.63) is 0 Å². The molecule has 1 saturated carbocycles. The van der Waals surface area contributed by atoms with Crippen molar-refractivity contribution in [1.29, 1.82) is 0 Å². The Bertz CT molecular complexity index is 346. The van der Waals surface area contributed by atoms with Crippen molar-refractivity contribution in [2.24, 2.45) is 0 Å². The van der Waals surface area contributed by atoms with Crippen LogP contribution in [-0.2, 0) is 9.84 Å². The van der Waals surface area contributed by atoms with Gasteiger partial charge in [0.25, 0.3) is 0 Å². The molecule has 0 aliphatic heterocycles. The molecule has 0 bridgehead atoms. The predicted molar refractivity (Wildman–Crippen MR) is 76.7 cm³/mol. The van der Waals surface area contributed by atoms with Crippen LogP contribution in [-0.4, -0.2) is 57.0 Å². The third kappa shape index (κ3) is 4.21. The Morgan fingerprint density at radius 1 is 1.28 bits per heavy atom. The van der Waals surface area contributed by atoms with E-state index in [1.807, 2.05) is 6.92 Å². The number of likely N-dealkylation sites (N-methyl/N-ethyl adjacent to an activating group) is 1. The van der Waals surface area contributed by atoms with Gasteiger partial charge in [-0.05, 0) is 33.9 Å². The van der Waals surface area contributed by atoms with E-state index < -0.39 is 9.84 Å². The Morgan fingerprint density at radius 2 is 1.83 bits per heavy atom. The number of nitrogens with one attached hydrogen (secondary N) is 1. The standard InChI is InChI=1S/C13H28N2O2S/c1-5-18(16,17)10-12(2)14-11-13(15(3)4)8-6-7-9-13/h12,14H,5-11H2,1-4H3. The minimum absolute atomic E-state index is 0.0346. The van der Waals surface area contributed by atoms with Gasteiger partial charge in [-0.1, -0.05) is 19.8 Å². The molecule has 1 aliphatic rings. The van der Waals surface area contributed by atoms with Crippen LogP contribution < -0.4 is 5.32 Å². The van der Waals surface area contributed by atoms with Crippen LogP contribution in [0.5, 0.6) is 0 Å². The average molecular weight is 276 g/mol. The van der Waals surface area contributed by atoms with E-state index in [-0.39, 0.29) is 23.1 Å². The minimum Gasteiger partial charge on any atom is -0.311 e. The van der Waals surface area contributed by atoms with Crippen molar-refractivity contribution >= 4 is 9.84 Å². The van der Waals surface area contributed by atoms with Gasteiger partial charge < -0.3 is 10.2 Å². The summed E-state index contributed by atoms with van der Waals surface area (Å²) in [6.45, 7) is 4.56. The van der Waals surface area contributed by atoms with E-state index in [1.54, 1.807) is 6.92 Å². The molecule has 1 aliphatic carbocycles. The Hall–Kier alpha value is -0.130. The molecule has 18 heavy (non-hydrogen) atoms. The first-order valence-electron chi connectivity index (χ1n) is 6.92. The van der Waals surface area contributed by atoms with Crippen LogP contribution in [0.4, 0.5) is 0 Å². The molecule has 1 unspecified atom stereocenters. The molecule has 0 aromatic carbocycles. The molecule has 0 radical (unpaired) electrons. The van der Waals surface area contributed by atoms with Crippen LogP contribution in [0.15, 0.2) is 0 Å². The lowest BCUT2D eigenvalue weighted by Gasteiger charge is -2.37. The van der Waals surface area contributed by atoms with Gasteiger partial charge in [0.2, 0.25) is 0 Å². The topological polar surface area (TPSA) is 49.4 Å². The molecule has 1 fully saturated rings. The molecule has 108 valence electrons. The minimum atomic E-state index is -2.88. The molecular formula is C13H28N2O2S. The summed E-state index contributed by atoms with van der Waals surface area (Å²) >= 11 is 0. The van der Waals surface area contributed by atoms with E-state index in [1.165, 1.54) is 25.7 Å². The summed E-state index contributed by atoms with van der Waals surface area (Å²) in [5.74, 6) is 0.477. The summed E-state index contributed by atoms with van der Waals surface area (Å²) in [5.41, 5.74) is 0.226. The maximum absolute atomic E-state index is 11.6. The first-order chi connectivity index (χ1) is 8.31. The Labute approximate surface area is 112 Å². The van der Waals surface area contributed by atoms with Gasteiger partial charge in [-0.25, -0.2) is 8.42 Å². The van der Waals surface area contributed by atoms with Crippen molar-refractivity contribution in [1.82, 2.24) is 10.2 Å². The van der Waals surface area contributed by atoms with Crippen LogP contribution in [0.25, 0.3) is 0 Å². The second-order valence-corrected chi connectivity index (χ2v) is 8.20. The summed E-state index contributed by atoms with van der Waals surface area (Å²) in [7, 11) is 1.37. The quantitative estimate of drug-likeness (QED) is 0.761. The van der Waals surface area contributed by atoms with Crippen molar-refractivity contribution in [3.8, 4) is 0 Å². The third-order valence-corrected chi connectivity index (χ3v) is 6.09. The van der Waals surface area contributed by atoms with Crippen molar-refractivity contribution in [2.45, 2.75) is 51.1 Å². The predicted octanol–water partition coefficient (Wildman–Crippen LogP) is 1.27. The Morgan fingerprint density at radius 3 is 2.28 bits per heavy atom. The zero-order valence-electron chi connectivity index (χ0n) is 12.2. The molecule has 1 rings (SSSR count). The van der Waals surface area contributed by atoms with E-state index in [0.29, 0.717) is 0 Å². The van der Waals surface area contributed by atoms with Gasteiger partial charge >= 0.3 is 0 Å². The van der Waals surface area contributed by atoms with E-state index in [9.17, 15) is 8.42 Å². The van der Waals surface area contributed by atoms with Gasteiger partial charge in [-0.2, -0.15) is 0 Å². The Kier molecular flexibility index (Phi) is 5.62. The van der Waals surface area contributed by atoms with Crippen LogP contribution in [0.1, 0.15) is 39.5 Å². The molecule has 0 aromatic heterocycles. The second kappa shape index (κ2) is 6.35. The second-order valence-electron chi connectivity index (χ2n) is 5.81. The number of hydrogen-bond donors (Lipinski definition) is 1. The Balaban J connectivity index is 2.48. The molecule has 0 aromatic rings. The highest BCUT2D eigenvalue weighted by molar-refractivity contribution is 7.91. The van der Waals surface area contributed by atoms with E-state index >= 15 is 0 Å². The van der Waals surface area contributed by atoms with Crippen LogP contribution in [0, 0.1) is 0 Å². The zero-order valence-corrected chi connectivity index (χ0v) is 13.0. The lowest BCUT2D eigenvalue weighted by molar-refractivity contribution is 0.151. The van der Waals surface area contributed by atoms with Gasteiger partial charge in [-0.15, -0.1) is 0 Å². The molecule has 1 atom stereocenters. The molecule has 0 saturated heterocycles. The SMILES string of the molecule is CCS(=O)(=O)CC(C)NCC1(N(C)C)CCCC1. The summed E-state index contributed by atoms with van der Waals surface area (Å²) < 4.78 is 23.1. The summed E-state index contributed by atoms with van der Waals surface area (Å²) in [5, 5.41) is 3.42. The van der Waals surface area contributed by atoms with Crippen molar-refractivity contribution < 1.29 is 8.42 Å². The highest BCUT2D eigenvalue weighted by Crippen LogP contribution is 2.33. The molecule has 0 spiro atoms. The van der Waals surface area contributed by atoms with Gasteiger partial charge in [0.1, 0.15) is 0 Å². The summed E-state index contributed by atoms with van der Waals surface area (Å²) in [6.07, 6.45) is 4.98. The van der Waals surface area contributed by atoms with E-state index in [4.69, 9.17) is 0 Å². The molecule has 0 heterocycles. The van der Waals surface area contributed by atoms with Crippen molar-refractivity contribution in [3.63, 3.8) is 0 Å². The highest BCUT2D eigenvalue weighted by Gasteiger charge is 2.35. The first kappa shape index (κ1) is 15.9.